The minimum atomic E-state index is -4.56. The topological polar surface area (TPSA) is 108 Å². The molecular weight excluding hydrogens is 575 g/mol. The van der Waals surface area contributed by atoms with Gasteiger partial charge in [0.05, 0.1) is 39.9 Å². The molecule has 1 amide bonds. The lowest BCUT2D eigenvalue weighted by molar-refractivity contribution is -0.870. The summed E-state index contributed by atoms with van der Waals surface area (Å²) < 4.78 is 23.0. The van der Waals surface area contributed by atoms with E-state index in [1.54, 1.807) is 6.08 Å². The van der Waals surface area contributed by atoms with Gasteiger partial charge in [0.15, 0.2) is 0 Å². The molecule has 0 rings (SSSR count). The zero-order chi connectivity index (χ0) is 32.9. The molecule has 0 aromatic carbocycles. The van der Waals surface area contributed by atoms with Crippen LogP contribution in [0.4, 0.5) is 0 Å². The first-order valence-electron chi connectivity index (χ1n) is 18.1. The van der Waals surface area contributed by atoms with Crippen molar-refractivity contribution in [2.24, 2.45) is 0 Å². The monoisotopic (exact) mass is 647 g/mol. The van der Waals surface area contributed by atoms with E-state index in [-0.39, 0.29) is 19.1 Å². The maximum absolute atomic E-state index is 12.6. The third kappa shape index (κ3) is 29.9. The Hall–Kier alpha value is -0.760. The fraction of sp³-hybridized carbons (Fsp3) is 0.914. The number of rotatable bonds is 32. The molecule has 0 aliphatic heterocycles. The summed E-state index contributed by atoms with van der Waals surface area (Å²) in [5, 5.41) is 13.6. The van der Waals surface area contributed by atoms with Gasteiger partial charge in [0.25, 0.3) is 7.82 Å². The molecule has 0 saturated heterocycles. The number of aliphatic hydroxyl groups is 1. The van der Waals surface area contributed by atoms with Crippen LogP contribution in [0.2, 0.25) is 0 Å². The fourth-order valence-corrected chi connectivity index (χ4v) is 5.76. The SMILES string of the molecule is CCCCCCCCCCCCCCCC/C=C/C(O)C(COP(=O)([O-])OCC[N+](C)(C)C)NC(=O)CCCCCCCC. The Morgan fingerprint density at radius 1 is 0.773 bits per heavy atom. The molecule has 3 unspecified atom stereocenters. The first-order valence-corrected chi connectivity index (χ1v) is 19.5. The molecule has 0 radical (unpaired) electrons. The van der Waals surface area contributed by atoms with Gasteiger partial charge in [-0.25, -0.2) is 0 Å². The molecule has 9 heteroatoms. The van der Waals surface area contributed by atoms with Crippen molar-refractivity contribution in [1.82, 2.24) is 5.32 Å². The Balaban J connectivity index is 4.44. The van der Waals surface area contributed by atoms with Crippen LogP contribution in [0.1, 0.15) is 155 Å². The molecule has 262 valence electrons. The van der Waals surface area contributed by atoms with Crippen LogP contribution in [-0.2, 0) is 18.4 Å². The lowest BCUT2D eigenvalue weighted by Crippen LogP contribution is -2.45. The molecule has 0 bridgehead atoms. The highest BCUT2D eigenvalue weighted by molar-refractivity contribution is 7.45. The number of hydrogen-bond acceptors (Lipinski definition) is 6. The van der Waals surface area contributed by atoms with Crippen molar-refractivity contribution in [2.45, 2.75) is 167 Å². The molecule has 0 spiro atoms. The fourth-order valence-electron chi connectivity index (χ4n) is 5.03. The summed E-state index contributed by atoms with van der Waals surface area (Å²) in [5.74, 6) is -0.208. The molecule has 0 aromatic rings. The second-order valence-electron chi connectivity index (χ2n) is 13.6. The first-order chi connectivity index (χ1) is 21.0. The van der Waals surface area contributed by atoms with E-state index in [2.05, 4.69) is 19.2 Å². The highest BCUT2D eigenvalue weighted by Gasteiger charge is 2.23. The van der Waals surface area contributed by atoms with Crippen molar-refractivity contribution in [3.8, 4) is 0 Å². The molecule has 3 atom stereocenters. The van der Waals surface area contributed by atoms with Crippen molar-refractivity contribution >= 4 is 13.7 Å². The Labute approximate surface area is 272 Å². The molecule has 2 N–H and O–H groups in total. The number of hydrogen-bond donors (Lipinski definition) is 2. The van der Waals surface area contributed by atoms with E-state index in [0.717, 1.165) is 38.5 Å². The van der Waals surface area contributed by atoms with E-state index in [0.29, 0.717) is 17.4 Å². The van der Waals surface area contributed by atoms with Crippen LogP contribution in [-0.4, -0.2) is 68.5 Å². The smallest absolute Gasteiger partial charge is 0.268 e. The Bertz CT molecular complexity index is 743. The summed E-state index contributed by atoms with van der Waals surface area (Å²) in [5.41, 5.74) is 0. The molecule has 0 fully saturated rings. The summed E-state index contributed by atoms with van der Waals surface area (Å²) in [7, 11) is 1.26. The zero-order valence-corrected chi connectivity index (χ0v) is 30.3. The average Bonchev–Trinajstić information content (AvgIpc) is 2.95. The molecule has 44 heavy (non-hydrogen) atoms. The summed E-state index contributed by atoms with van der Waals surface area (Å²) in [6.07, 6.45) is 28.5. The molecule has 0 saturated carbocycles. The number of nitrogens with zero attached hydrogens (tertiary/aromatic N) is 1. The van der Waals surface area contributed by atoms with Crippen molar-refractivity contribution in [2.75, 3.05) is 40.9 Å². The van der Waals surface area contributed by atoms with Gasteiger partial charge in [-0.15, -0.1) is 0 Å². The highest BCUT2D eigenvalue weighted by atomic mass is 31.2. The van der Waals surface area contributed by atoms with Crippen LogP contribution in [0.25, 0.3) is 0 Å². The van der Waals surface area contributed by atoms with Crippen molar-refractivity contribution < 1.29 is 32.9 Å². The number of phosphoric acid groups is 1. The van der Waals surface area contributed by atoms with E-state index >= 15 is 0 Å². The second kappa shape index (κ2) is 28.5. The average molecular weight is 647 g/mol. The number of unbranched alkanes of at least 4 members (excludes halogenated alkanes) is 19. The van der Waals surface area contributed by atoms with Gasteiger partial charge in [0.2, 0.25) is 5.91 Å². The molecule has 0 aromatic heterocycles. The minimum Gasteiger partial charge on any atom is -0.756 e. The summed E-state index contributed by atoms with van der Waals surface area (Å²) in [4.78, 5) is 24.9. The van der Waals surface area contributed by atoms with Gasteiger partial charge in [-0.2, -0.15) is 0 Å². The van der Waals surface area contributed by atoms with E-state index in [1.807, 2.05) is 27.2 Å². The highest BCUT2D eigenvalue weighted by Crippen LogP contribution is 2.38. The van der Waals surface area contributed by atoms with Gasteiger partial charge in [-0.05, 0) is 19.3 Å². The number of carbonyl (C=O) groups is 1. The number of allylic oxidation sites excluding steroid dienone is 1. The molecule has 0 aliphatic rings. The van der Waals surface area contributed by atoms with Crippen LogP contribution >= 0.6 is 7.82 Å². The largest absolute Gasteiger partial charge is 0.756 e. The quantitative estimate of drug-likeness (QED) is 0.0330. The van der Waals surface area contributed by atoms with Crippen LogP contribution in [0, 0.1) is 0 Å². The lowest BCUT2D eigenvalue weighted by Gasteiger charge is -2.29. The van der Waals surface area contributed by atoms with E-state index < -0.39 is 20.0 Å². The van der Waals surface area contributed by atoms with Crippen molar-refractivity contribution in [3.63, 3.8) is 0 Å². The van der Waals surface area contributed by atoms with Crippen LogP contribution in [0.15, 0.2) is 12.2 Å². The number of aliphatic hydroxyl groups excluding tert-OH is 1. The van der Waals surface area contributed by atoms with Crippen molar-refractivity contribution in [1.29, 1.82) is 0 Å². The van der Waals surface area contributed by atoms with Crippen LogP contribution in [0.5, 0.6) is 0 Å². The molecular formula is C35H71N2O6P. The van der Waals surface area contributed by atoms with Crippen LogP contribution < -0.4 is 10.2 Å². The van der Waals surface area contributed by atoms with Gasteiger partial charge in [-0.3, -0.25) is 9.36 Å². The number of carbonyl (C=O) groups excluding carboxylic acids is 1. The van der Waals surface area contributed by atoms with Gasteiger partial charge in [0, 0.05) is 6.42 Å². The summed E-state index contributed by atoms with van der Waals surface area (Å²) in [6, 6.07) is -0.876. The van der Waals surface area contributed by atoms with Crippen LogP contribution in [0.3, 0.4) is 0 Å². The number of likely N-dealkylation sites (N-methyl/N-ethyl adjacent to an activating group) is 1. The molecule has 0 heterocycles. The standard InChI is InChI=1S/C35H71N2O6P/c1-6-8-10-12-14-15-16-17-18-19-20-21-22-23-24-26-28-34(38)33(36-35(39)29-27-25-13-11-9-7-2)32-43-44(40,41)42-31-30-37(3,4)5/h26,28,33-34,38H,6-25,27,29-32H2,1-5H3,(H-,36,39,40,41)/b28-26+. The molecule has 0 aliphatic carbocycles. The third-order valence-electron chi connectivity index (χ3n) is 8.00. The third-order valence-corrected chi connectivity index (χ3v) is 8.96. The number of amides is 1. The predicted molar refractivity (Wildman–Crippen MR) is 182 cm³/mol. The predicted octanol–water partition coefficient (Wildman–Crippen LogP) is 8.22. The van der Waals surface area contributed by atoms with E-state index in [4.69, 9.17) is 9.05 Å². The Morgan fingerprint density at radius 3 is 1.70 bits per heavy atom. The zero-order valence-electron chi connectivity index (χ0n) is 29.4. The summed E-state index contributed by atoms with van der Waals surface area (Å²) >= 11 is 0. The maximum Gasteiger partial charge on any atom is 0.268 e. The maximum atomic E-state index is 12.6. The first kappa shape index (κ1) is 43.2. The van der Waals surface area contributed by atoms with Gasteiger partial charge >= 0.3 is 0 Å². The van der Waals surface area contributed by atoms with Gasteiger partial charge < -0.3 is 28.8 Å². The minimum absolute atomic E-state index is 0.000977. The normalized spacial score (nSPS) is 15.0. The van der Waals surface area contributed by atoms with Gasteiger partial charge in [0.1, 0.15) is 13.2 Å². The van der Waals surface area contributed by atoms with E-state index in [1.165, 1.54) is 96.3 Å². The molecule has 8 nitrogen and oxygen atoms in total. The van der Waals surface area contributed by atoms with Gasteiger partial charge in [-0.1, -0.05) is 142 Å². The Kier molecular flexibility index (Phi) is 28.0. The second-order valence-corrected chi connectivity index (χ2v) is 15.0. The Morgan fingerprint density at radius 2 is 1.23 bits per heavy atom. The lowest BCUT2D eigenvalue weighted by atomic mass is 10.0. The number of quaternary nitrogens is 1. The summed E-state index contributed by atoms with van der Waals surface area (Å²) in [6.45, 7) is 4.56. The van der Waals surface area contributed by atoms with Crippen molar-refractivity contribution in [3.05, 3.63) is 12.2 Å². The van der Waals surface area contributed by atoms with E-state index in [9.17, 15) is 19.4 Å². The number of nitrogens with one attached hydrogen (secondary N) is 1. The number of phosphoric ester groups is 1.